The second-order valence-corrected chi connectivity index (χ2v) is 7.19. The fraction of sp³-hybridized carbons (Fsp3) is 0.190. The number of benzene rings is 2. The van der Waals surface area contributed by atoms with Crippen LogP contribution in [-0.4, -0.2) is 36.4 Å². The van der Waals surface area contributed by atoms with Gasteiger partial charge in [-0.25, -0.2) is 9.37 Å². The Morgan fingerprint density at radius 2 is 2.04 bits per heavy atom. The third kappa shape index (κ3) is 3.96. The molecule has 2 aromatic carbocycles. The zero-order chi connectivity index (χ0) is 19.3. The van der Waals surface area contributed by atoms with Crippen LogP contribution in [0.4, 0.5) is 10.2 Å². The van der Waals surface area contributed by atoms with Crippen LogP contribution in [0, 0.1) is 5.82 Å². The molecule has 1 aliphatic rings. The van der Waals surface area contributed by atoms with E-state index in [-0.39, 0.29) is 12.4 Å². The minimum absolute atomic E-state index is 0.0620. The average Bonchev–Trinajstić information content (AvgIpc) is 2.74. The quantitative estimate of drug-likeness (QED) is 0.432. The predicted octanol–water partition coefficient (Wildman–Crippen LogP) is 3.95. The van der Waals surface area contributed by atoms with E-state index >= 15 is 0 Å². The fourth-order valence-electron chi connectivity index (χ4n) is 3.05. The molecule has 3 aromatic rings. The summed E-state index contributed by atoms with van der Waals surface area (Å²) in [5, 5.41) is 12.1. The molecule has 2 heterocycles. The van der Waals surface area contributed by atoms with Crippen molar-refractivity contribution in [1.82, 2.24) is 9.71 Å². The number of aliphatic hydroxyl groups is 1. The number of halogens is 1. The summed E-state index contributed by atoms with van der Waals surface area (Å²) in [6.45, 7) is 1.83. The molecule has 0 amide bonds. The molecular weight excluding hydrogens is 377 g/mol. The Labute approximate surface area is 167 Å². The molecular formula is C21H20FN3O2S. The molecule has 0 saturated carbocycles. The van der Waals surface area contributed by atoms with Crippen LogP contribution in [0.25, 0.3) is 22.3 Å². The minimum Gasteiger partial charge on any atom is -0.488 e. The van der Waals surface area contributed by atoms with Gasteiger partial charge >= 0.3 is 0 Å². The van der Waals surface area contributed by atoms with Crippen molar-refractivity contribution < 1.29 is 14.2 Å². The van der Waals surface area contributed by atoms with E-state index in [4.69, 9.17) is 9.84 Å². The first-order chi connectivity index (χ1) is 13.8. The van der Waals surface area contributed by atoms with E-state index in [9.17, 15) is 4.39 Å². The summed E-state index contributed by atoms with van der Waals surface area (Å²) in [4.78, 5) is 5.31. The van der Waals surface area contributed by atoms with Crippen molar-refractivity contribution in [2.24, 2.45) is 0 Å². The molecule has 28 heavy (non-hydrogen) atoms. The summed E-state index contributed by atoms with van der Waals surface area (Å²) in [6, 6.07) is 14.8. The number of aliphatic hydroxyl groups excluding tert-OH is 1. The first-order valence-corrected chi connectivity index (χ1v) is 9.84. The number of fused-ring (bicyclic) bond motifs is 1. The fourth-order valence-corrected chi connectivity index (χ4v) is 3.84. The normalized spacial score (nSPS) is 12.8. The Hall–Kier alpha value is -2.61. The van der Waals surface area contributed by atoms with E-state index in [2.05, 4.69) is 15.0 Å². The first-order valence-electron chi connectivity index (χ1n) is 9.03. The highest BCUT2D eigenvalue weighted by molar-refractivity contribution is 7.97. The van der Waals surface area contributed by atoms with Crippen LogP contribution in [0.2, 0.25) is 0 Å². The molecule has 1 aromatic heterocycles. The largest absolute Gasteiger partial charge is 0.488 e. The van der Waals surface area contributed by atoms with Gasteiger partial charge < -0.3 is 15.2 Å². The van der Waals surface area contributed by atoms with Crippen LogP contribution in [0.3, 0.4) is 0 Å². The van der Waals surface area contributed by atoms with Crippen LogP contribution in [-0.2, 0) is 0 Å². The summed E-state index contributed by atoms with van der Waals surface area (Å²) < 4.78 is 23.6. The zero-order valence-electron chi connectivity index (χ0n) is 15.1. The Bertz CT molecular complexity index is 984. The zero-order valence-corrected chi connectivity index (χ0v) is 15.9. The third-order valence-corrected chi connectivity index (χ3v) is 5.30. The Balaban J connectivity index is 1.64. The molecule has 0 fully saturated rings. The molecule has 0 radical (unpaired) electrons. The molecule has 0 spiro atoms. The molecule has 1 aliphatic heterocycles. The Morgan fingerprint density at radius 3 is 2.89 bits per heavy atom. The first kappa shape index (κ1) is 18.7. The topological polar surface area (TPSA) is 66.4 Å². The number of pyridine rings is 1. The molecule has 144 valence electrons. The van der Waals surface area contributed by atoms with Crippen LogP contribution in [0.5, 0.6) is 5.75 Å². The van der Waals surface area contributed by atoms with Crippen molar-refractivity contribution in [3.63, 3.8) is 0 Å². The van der Waals surface area contributed by atoms with Crippen molar-refractivity contribution in [3.8, 4) is 28.0 Å². The smallest absolute Gasteiger partial charge is 0.168 e. The van der Waals surface area contributed by atoms with Crippen molar-refractivity contribution in [2.75, 3.05) is 31.6 Å². The lowest BCUT2D eigenvalue weighted by Crippen LogP contribution is -2.18. The summed E-state index contributed by atoms with van der Waals surface area (Å²) in [6.07, 6.45) is 1.65. The van der Waals surface area contributed by atoms with Crippen LogP contribution in [0.15, 0.2) is 59.6 Å². The van der Waals surface area contributed by atoms with Gasteiger partial charge in [0.1, 0.15) is 12.4 Å². The summed E-state index contributed by atoms with van der Waals surface area (Å²) in [5.74, 6) is 1.02. The second-order valence-electron chi connectivity index (χ2n) is 6.26. The van der Waals surface area contributed by atoms with Crippen molar-refractivity contribution >= 4 is 17.8 Å². The third-order valence-electron chi connectivity index (χ3n) is 4.38. The Kier molecular flexibility index (Phi) is 5.76. The molecule has 0 saturated heterocycles. The van der Waals surface area contributed by atoms with E-state index in [0.29, 0.717) is 42.4 Å². The number of ether oxygens (including phenoxy) is 1. The van der Waals surface area contributed by atoms with Gasteiger partial charge in [0.25, 0.3) is 0 Å². The van der Waals surface area contributed by atoms with Crippen molar-refractivity contribution in [1.29, 1.82) is 0 Å². The van der Waals surface area contributed by atoms with E-state index in [1.54, 1.807) is 18.3 Å². The van der Waals surface area contributed by atoms with E-state index in [1.807, 2.05) is 36.4 Å². The molecule has 5 nitrogen and oxygen atoms in total. The number of hydrogen-bond donors (Lipinski definition) is 3. The average molecular weight is 397 g/mol. The molecule has 7 heteroatoms. The lowest BCUT2D eigenvalue weighted by molar-refractivity contribution is 0.302. The van der Waals surface area contributed by atoms with Gasteiger partial charge in [-0.15, -0.1) is 0 Å². The van der Waals surface area contributed by atoms with Crippen LogP contribution in [0.1, 0.15) is 0 Å². The van der Waals surface area contributed by atoms with E-state index in [0.717, 1.165) is 16.0 Å². The Morgan fingerprint density at radius 1 is 1.14 bits per heavy atom. The van der Waals surface area contributed by atoms with Gasteiger partial charge in [0, 0.05) is 28.8 Å². The predicted molar refractivity (Wildman–Crippen MR) is 110 cm³/mol. The standard InChI is InChI=1S/C21H20FN3O2S/c22-18-11-14(17-3-1-2-4-20(17)28-25-7-9-26)5-6-16(18)15-12-19-21(24-13-15)23-8-10-27-19/h1-6,11-13,25-26H,7-10H2,(H,23,24). The van der Waals surface area contributed by atoms with Gasteiger partial charge in [0.15, 0.2) is 11.6 Å². The maximum Gasteiger partial charge on any atom is 0.168 e. The lowest BCUT2D eigenvalue weighted by Gasteiger charge is -2.18. The number of nitrogens with one attached hydrogen (secondary N) is 2. The van der Waals surface area contributed by atoms with E-state index in [1.165, 1.54) is 11.9 Å². The van der Waals surface area contributed by atoms with Crippen LogP contribution < -0.4 is 14.8 Å². The summed E-state index contributed by atoms with van der Waals surface area (Å²) >= 11 is 1.42. The highest BCUT2D eigenvalue weighted by Crippen LogP contribution is 2.35. The molecule has 4 rings (SSSR count). The molecule has 0 aliphatic carbocycles. The van der Waals surface area contributed by atoms with Crippen molar-refractivity contribution in [2.45, 2.75) is 4.90 Å². The number of anilines is 1. The number of nitrogens with zero attached hydrogens (tertiary/aromatic N) is 1. The maximum atomic E-state index is 15.0. The summed E-state index contributed by atoms with van der Waals surface area (Å²) in [5.41, 5.74) is 2.88. The van der Waals surface area contributed by atoms with Gasteiger partial charge in [0.2, 0.25) is 0 Å². The van der Waals surface area contributed by atoms with Crippen molar-refractivity contribution in [3.05, 3.63) is 60.5 Å². The SMILES string of the molecule is OCCNSc1ccccc1-c1ccc(-c2cnc3c(c2)OCCN3)c(F)c1. The lowest BCUT2D eigenvalue weighted by atomic mass is 10.0. The number of rotatable bonds is 6. The highest BCUT2D eigenvalue weighted by Gasteiger charge is 2.15. The molecule has 0 unspecified atom stereocenters. The highest BCUT2D eigenvalue weighted by atomic mass is 32.2. The second kappa shape index (κ2) is 8.60. The number of hydrogen-bond acceptors (Lipinski definition) is 6. The molecule has 0 atom stereocenters. The summed E-state index contributed by atoms with van der Waals surface area (Å²) in [7, 11) is 0. The molecule has 0 bridgehead atoms. The monoisotopic (exact) mass is 397 g/mol. The van der Waals surface area contributed by atoms with Gasteiger partial charge in [0.05, 0.1) is 13.2 Å². The van der Waals surface area contributed by atoms with Gasteiger partial charge in [-0.3, -0.25) is 4.72 Å². The van der Waals surface area contributed by atoms with E-state index < -0.39 is 0 Å². The van der Waals surface area contributed by atoms with Gasteiger partial charge in [-0.2, -0.15) is 0 Å². The maximum absolute atomic E-state index is 15.0. The van der Waals surface area contributed by atoms with Gasteiger partial charge in [-0.1, -0.05) is 30.3 Å². The number of aromatic nitrogens is 1. The molecule has 3 N–H and O–H groups in total. The van der Waals surface area contributed by atoms with Crippen LogP contribution >= 0.6 is 11.9 Å². The minimum atomic E-state index is -0.314. The van der Waals surface area contributed by atoms with Gasteiger partial charge in [-0.05, 0) is 41.3 Å².